The van der Waals surface area contributed by atoms with E-state index < -0.39 is 5.97 Å². The maximum Gasteiger partial charge on any atom is 0.317 e. The van der Waals surface area contributed by atoms with E-state index in [0.717, 1.165) is 0 Å². The normalized spacial score (nSPS) is 10.0. The summed E-state index contributed by atoms with van der Waals surface area (Å²) in [4.78, 5) is 10.0. The van der Waals surface area contributed by atoms with Crippen molar-refractivity contribution >= 4 is 5.97 Å². The average Bonchev–Trinajstić information content (AvgIpc) is 2.49. The maximum absolute atomic E-state index is 10.0. The summed E-state index contributed by atoms with van der Waals surface area (Å²) in [5.74, 6) is -0.295. The molecule has 7 heteroatoms. The number of aliphatic carboxylic acids is 1. The van der Waals surface area contributed by atoms with Gasteiger partial charge in [-0.05, 0) is 0 Å². The molecule has 0 saturated carbocycles. The number of tetrazole rings is 1. The largest absolute Gasteiger partial charge is 0.480 e. The van der Waals surface area contributed by atoms with E-state index in [1.54, 1.807) is 0 Å². The second-order valence-electron chi connectivity index (χ2n) is 2.15. The quantitative estimate of drug-likeness (QED) is 0.462. The molecular weight excluding hydrogens is 162 g/mol. The maximum atomic E-state index is 10.0. The molecule has 1 aromatic rings. The molecule has 0 aliphatic carbocycles. The molecule has 1 aromatic heterocycles. The Bertz CT molecular complexity index is 234. The van der Waals surface area contributed by atoms with Crippen LogP contribution in [0, 0.1) is 0 Å². The first kappa shape index (κ1) is 8.60. The van der Waals surface area contributed by atoms with Gasteiger partial charge in [0, 0.05) is 13.0 Å². The number of hydrogen-bond donors (Lipinski definition) is 3. The van der Waals surface area contributed by atoms with E-state index in [2.05, 4.69) is 25.9 Å². The first-order valence-electron chi connectivity index (χ1n) is 3.44. The zero-order valence-corrected chi connectivity index (χ0v) is 6.32. The molecule has 1 heterocycles. The predicted molar refractivity (Wildman–Crippen MR) is 38.4 cm³/mol. The average molecular weight is 171 g/mol. The fourth-order valence-electron chi connectivity index (χ4n) is 0.684. The smallest absolute Gasteiger partial charge is 0.317 e. The molecular formula is C5H9N5O2. The van der Waals surface area contributed by atoms with Crippen LogP contribution in [0.2, 0.25) is 0 Å². The van der Waals surface area contributed by atoms with Crippen molar-refractivity contribution in [2.45, 2.75) is 6.42 Å². The first-order valence-corrected chi connectivity index (χ1v) is 3.44. The lowest BCUT2D eigenvalue weighted by atomic mass is 10.4. The van der Waals surface area contributed by atoms with Gasteiger partial charge in [0.2, 0.25) is 0 Å². The van der Waals surface area contributed by atoms with Crippen molar-refractivity contribution in [2.75, 3.05) is 13.1 Å². The van der Waals surface area contributed by atoms with E-state index in [-0.39, 0.29) is 6.54 Å². The van der Waals surface area contributed by atoms with Gasteiger partial charge in [-0.15, -0.1) is 10.2 Å². The summed E-state index contributed by atoms with van der Waals surface area (Å²) in [6, 6.07) is 0. The first-order chi connectivity index (χ1) is 5.79. The Morgan fingerprint density at radius 1 is 1.67 bits per heavy atom. The highest BCUT2D eigenvalue weighted by Gasteiger charge is 1.98. The molecule has 1 rings (SSSR count). The summed E-state index contributed by atoms with van der Waals surface area (Å²) in [6.45, 7) is 0.490. The van der Waals surface area contributed by atoms with Gasteiger partial charge in [-0.2, -0.15) is 5.21 Å². The van der Waals surface area contributed by atoms with Gasteiger partial charge in [0.15, 0.2) is 5.82 Å². The third-order valence-electron chi connectivity index (χ3n) is 1.19. The topological polar surface area (TPSA) is 104 Å². The highest BCUT2D eigenvalue weighted by atomic mass is 16.4. The number of H-pyrrole nitrogens is 1. The number of aromatic nitrogens is 4. The summed E-state index contributed by atoms with van der Waals surface area (Å²) >= 11 is 0. The molecule has 0 atom stereocenters. The van der Waals surface area contributed by atoms with E-state index in [0.29, 0.717) is 18.8 Å². The van der Waals surface area contributed by atoms with Crippen LogP contribution in [-0.2, 0) is 11.2 Å². The van der Waals surface area contributed by atoms with Crippen molar-refractivity contribution in [3.05, 3.63) is 5.82 Å². The van der Waals surface area contributed by atoms with Gasteiger partial charge < -0.3 is 10.4 Å². The minimum Gasteiger partial charge on any atom is -0.480 e. The van der Waals surface area contributed by atoms with Crippen LogP contribution in [0.25, 0.3) is 0 Å². The Balaban J connectivity index is 2.07. The standard InChI is InChI=1S/C5H9N5O2/c11-5(12)3-6-2-1-4-7-9-10-8-4/h6H,1-3H2,(H,11,12)(H,7,8,9,10). The molecule has 0 spiro atoms. The van der Waals surface area contributed by atoms with Crippen molar-refractivity contribution in [1.29, 1.82) is 0 Å². The number of carboxylic acids is 1. The SMILES string of the molecule is O=C(O)CNCCc1nn[nH]n1. The molecule has 66 valence electrons. The summed E-state index contributed by atoms with van der Waals surface area (Å²) in [6.07, 6.45) is 0.573. The van der Waals surface area contributed by atoms with Crippen molar-refractivity contribution in [1.82, 2.24) is 25.9 Å². The Morgan fingerprint density at radius 2 is 2.50 bits per heavy atom. The summed E-state index contributed by atoms with van der Waals surface area (Å²) in [5, 5.41) is 24.0. The van der Waals surface area contributed by atoms with Gasteiger partial charge in [-0.3, -0.25) is 4.79 Å². The van der Waals surface area contributed by atoms with Crippen LogP contribution in [0.4, 0.5) is 0 Å². The molecule has 3 N–H and O–H groups in total. The summed E-state index contributed by atoms with van der Waals surface area (Å²) in [5.41, 5.74) is 0. The van der Waals surface area contributed by atoms with Crippen LogP contribution in [0.3, 0.4) is 0 Å². The van der Waals surface area contributed by atoms with Gasteiger partial charge in [-0.1, -0.05) is 5.21 Å². The van der Waals surface area contributed by atoms with Gasteiger partial charge in [0.05, 0.1) is 6.54 Å². The fourth-order valence-corrected chi connectivity index (χ4v) is 0.684. The number of carboxylic acid groups (broad SMARTS) is 1. The molecule has 0 unspecified atom stereocenters. The van der Waals surface area contributed by atoms with Gasteiger partial charge in [0.25, 0.3) is 0 Å². The number of rotatable bonds is 5. The fraction of sp³-hybridized carbons (Fsp3) is 0.600. The molecule has 12 heavy (non-hydrogen) atoms. The van der Waals surface area contributed by atoms with Crippen LogP contribution in [0.15, 0.2) is 0 Å². The van der Waals surface area contributed by atoms with Crippen molar-refractivity contribution < 1.29 is 9.90 Å². The van der Waals surface area contributed by atoms with E-state index in [1.807, 2.05) is 0 Å². The van der Waals surface area contributed by atoms with E-state index in [1.165, 1.54) is 0 Å². The molecule has 0 bridgehead atoms. The highest BCUT2D eigenvalue weighted by molar-refractivity contribution is 5.68. The van der Waals surface area contributed by atoms with E-state index in [4.69, 9.17) is 5.11 Å². The molecule has 0 radical (unpaired) electrons. The highest BCUT2D eigenvalue weighted by Crippen LogP contribution is 1.82. The second kappa shape index (κ2) is 4.39. The third kappa shape index (κ3) is 3.06. The lowest BCUT2D eigenvalue weighted by Gasteiger charge is -1.96. The van der Waals surface area contributed by atoms with Crippen molar-refractivity contribution in [3.8, 4) is 0 Å². The molecule has 0 aromatic carbocycles. The summed E-state index contributed by atoms with van der Waals surface area (Å²) in [7, 11) is 0. The zero-order valence-electron chi connectivity index (χ0n) is 6.32. The molecule has 7 nitrogen and oxygen atoms in total. The van der Waals surface area contributed by atoms with Gasteiger partial charge in [-0.25, -0.2) is 0 Å². The number of nitrogens with zero attached hydrogens (tertiary/aromatic N) is 3. The van der Waals surface area contributed by atoms with E-state index in [9.17, 15) is 4.79 Å². The zero-order chi connectivity index (χ0) is 8.81. The van der Waals surface area contributed by atoms with Gasteiger partial charge in [0.1, 0.15) is 0 Å². The lowest BCUT2D eigenvalue weighted by molar-refractivity contribution is -0.135. The molecule has 0 saturated heterocycles. The molecule has 0 amide bonds. The minimum absolute atomic E-state index is 0.0438. The van der Waals surface area contributed by atoms with E-state index >= 15 is 0 Å². The number of aromatic amines is 1. The van der Waals surface area contributed by atoms with Crippen molar-refractivity contribution in [2.24, 2.45) is 0 Å². The Morgan fingerprint density at radius 3 is 3.08 bits per heavy atom. The number of hydrogen-bond acceptors (Lipinski definition) is 5. The molecule has 0 aliphatic rings. The van der Waals surface area contributed by atoms with Crippen LogP contribution in [0.1, 0.15) is 5.82 Å². The second-order valence-corrected chi connectivity index (χ2v) is 2.15. The Hall–Kier alpha value is -1.50. The molecule has 0 aliphatic heterocycles. The summed E-state index contributed by atoms with van der Waals surface area (Å²) < 4.78 is 0. The predicted octanol–water partition coefficient (Wildman–Crippen LogP) is -1.58. The Labute approximate surface area is 68.2 Å². The van der Waals surface area contributed by atoms with Crippen LogP contribution in [0.5, 0.6) is 0 Å². The van der Waals surface area contributed by atoms with Crippen LogP contribution < -0.4 is 5.32 Å². The van der Waals surface area contributed by atoms with Crippen LogP contribution in [-0.4, -0.2) is 44.8 Å². The Kier molecular flexibility index (Phi) is 3.15. The number of nitrogens with one attached hydrogen (secondary N) is 2. The third-order valence-corrected chi connectivity index (χ3v) is 1.19. The van der Waals surface area contributed by atoms with Gasteiger partial charge >= 0.3 is 5.97 Å². The minimum atomic E-state index is -0.872. The monoisotopic (exact) mass is 171 g/mol. The lowest BCUT2D eigenvalue weighted by Crippen LogP contribution is -2.24. The molecule has 0 fully saturated rings. The van der Waals surface area contributed by atoms with Crippen molar-refractivity contribution in [3.63, 3.8) is 0 Å². The van der Waals surface area contributed by atoms with Crippen LogP contribution >= 0.6 is 0 Å². The number of carbonyl (C=O) groups is 1.